The van der Waals surface area contributed by atoms with Crippen LogP contribution < -0.4 is 0 Å². The average molecular weight is 167 g/mol. The van der Waals surface area contributed by atoms with Crippen LogP contribution in [-0.2, 0) is 9.63 Å². The van der Waals surface area contributed by atoms with Gasteiger partial charge in [-0.3, -0.25) is 4.79 Å². The minimum atomic E-state index is -0.188. The molecule has 0 bridgehead atoms. The van der Waals surface area contributed by atoms with Gasteiger partial charge in [0.2, 0.25) is 0 Å². The monoisotopic (exact) mass is 167 g/mol. The first-order valence-electron chi connectivity index (χ1n) is 3.41. The molecule has 64 valence electrons. The Bertz CT molecular complexity index is 287. The van der Waals surface area contributed by atoms with Gasteiger partial charge in [0.05, 0.1) is 6.26 Å². The number of hydrogen-bond acceptors (Lipinski definition) is 4. The molecule has 0 atom stereocenters. The van der Waals surface area contributed by atoms with Crippen molar-refractivity contribution in [3.8, 4) is 0 Å². The van der Waals surface area contributed by atoms with E-state index in [0.717, 1.165) is 0 Å². The lowest BCUT2D eigenvalue weighted by atomic mass is 10.2. The predicted octanol–water partition coefficient (Wildman–Crippen LogP) is 1.22. The number of oxime groups is 1. The Morgan fingerprint density at radius 2 is 2.42 bits per heavy atom. The van der Waals surface area contributed by atoms with E-state index >= 15 is 0 Å². The van der Waals surface area contributed by atoms with Gasteiger partial charge in [-0.25, -0.2) is 0 Å². The van der Waals surface area contributed by atoms with E-state index in [1.807, 2.05) is 0 Å². The summed E-state index contributed by atoms with van der Waals surface area (Å²) < 4.78 is 4.98. The van der Waals surface area contributed by atoms with Crippen molar-refractivity contribution in [2.45, 2.75) is 6.92 Å². The van der Waals surface area contributed by atoms with Crippen LogP contribution in [0, 0.1) is 0 Å². The highest BCUT2D eigenvalue weighted by Gasteiger charge is 2.12. The fourth-order valence-electron chi connectivity index (χ4n) is 0.787. The number of rotatable bonds is 3. The molecule has 12 heavy (non-hydrogen) atoms. The molecule has 0 aromatic carbocycles. The SMILES string of the molecule is CON=C(C(C)=O)c1ccco1. The number of nitrogens with zero attached hydrogens (tertiary/aromatic N) is 1. The molecule has 4 nitrogen and oxygen atoms in total. The molecule has 1 aromatic rings. The Kier molecular flexibility index (Phi) is 2.63. The van der Waals surface area contributed by atoms with Gasteiger partial charge in [-0.05, 0) is 12.1 Å². The lowest BCUT2D eigenvalue weighted by molar-refractivity contribution is -0.111. The third kappa shape index (κ3) is 1.72. The predicted molar refractivity (Wildman–Crippen MR) is 42.9 cm³/mol. The average Bonchev–Trinajstić information content (AvgIpc) is 2.51. The number of Topliss-reactive ketones (excluding diaryl/α,β-unsaturated/α-hetero) is 1. The third-order valence-corrected chi connectivity index (χ3v) is 1.27. The van der Waals surface area contributed by atoms with Crippen LogP contribution in [0.4, 0.5) is 0 Å². The largest absolute Gasteiger partial charge is 0.462 e. The molecule has 0 saturated carbocycles. The van der Waals surface area contributed by atoms with E-state index in [1.54, 1.807) is 12.1 Å². The van der Waals surface area contributed by atoms with Gasteiger partial charge in [0.1, 0.15) is 7.11 Å². The molecule has 1 aromatic heterocycles. The van der Waals surface area contributed by atoms with Crippen LogP contribution in [0.15, 0.2) is 28.0 Å². The maximum Gasteiger partial charge on any atom is 0.187 e. The Morgan fingerprint density at radius 1 is 1.67 bits per heavy atom. The zero-order chi connectivity index (χ0) is 8.97. The summed E-state index contributed by atoms with van der Waals surface area (Å²) in [7, 11) is 1.38. The van der Waals surface area contributed by atoms with Gasteiger partial charge < -0.3 is 9.25 Å². The summed E-state index contributed by atoms with van der Waals surface area (Å²) in [6.07, 6.45) is 1.48. The van der Waals surface area contributed by atoms with E-state index in [4.69, 9.17) is 4.42 Å². The van der Waals surface area contributed by atoms with E-state index in [0.29, 0.717) is 5.76 Å². The highest BCUT2D eigenvalue weighted by atomic mass is 16.6. The highest BCUT2D eigenvalue weighted by molar-refractivity contribution is 6.44. The minimum Gasteiger partial charge on any atom is -0.462 e. The van der Waals surface area contributed by atoms with Crippen molar-refractivity contribution in [2.75, 3.05) is 7.11 Å². The van der Waals surface area contributed by atoms with Gasteiger partial charge in [-0.1, -0.05) is 5.16 Å². The second kappa shape index (κ2) is 3.71. The number of hydrogen-bond donors (Lipinski definition) is 0. The Hall–Kier alpha value is -1.58. The molecule has 0 saturated heterocycles. The summed E-state index contributed by atoms with van der Waals surface area (Å²) in [4.78, 5) is 15.5. The second-order valence-corrected chi connectivity index (χ2v) is 2.16. The number of furan rings is 1. The summed E-state index contributed by atoms with van der Waals surface area (Å²) in [6.45, 7) is 1.40. The maximum atomic E-state index is 11.0. The van der Waals surface area contributed by atoms with Gasteiger partial charge in [0.15, 0.2) is 17.3 Å². The van der Waals surface area contributed by atoms with Gasteiger partial charge in [-0.2, -0.15) is 0 Å². The molecule has 0 radical (unpaired) electrons. The molecule has 0 fully saturated rings. The Morgan fingerprint density at radius 3 is 2.83 bits per heavy atom. The van der Waals surface area contributed by atoms with Crippen LogP contribution in [-0.4, -0.2) is 18.6 Å². The normalized spacial score (nSPS) is 11.3. The minimum absolute atomic E-state index is 0.188. The Labute approximate surface area is 69.8 Å². The first kappa shape index (κ1) is 8.52. The van der Waals surface area contributed by atoms with Crippen molar-refractivity contribution >= 4 is 11.5 Å². The number of carbonyl (C=O) groups excluding carboxylic acids is 1. The van der Waals surface area contributed by atoms with Gasteiger partial charge in [0.25, 0.3) is 0 Å². The fourth-order valence-corrected chi connectivity index (χ4v) is 0.787. The van der Waals surface area contributed by atoms with Gasteiger partial charge in [-0.15, -0.1) is 0 Å². The summed E-state index contributed by atoms with van der Waals surface area (Å²) >= 11 is 0. The first-order chi connectivity index (χ1) is 5.75. The number of carbonyl (C=O) groups is 1. The summed E-state index contributed by atoms with van der Waals surface area (Å²) in [5.41, 5.74) is 0.197. The lowest BCUT2D eigenvalue weighted by Crippen LogP contribution is -2.10. The molecular formula is C8H9NO3. The van der Waals surface area contributed by atoms with Crippen LogP contribution in [0.1, 0.15) is 12.7 Å². The highest BCUT2D eigenvalue weighted by Crippen LogP contribution is 2.03. The smallest absolute Gasteiger partial charge is 0.187 e. The summed E-state index contributed by atoms with van der Waals surface area (Å²) in [5.74, 6) is 0.233. The van der Waals surface area contributed by atoms with Crippen molar-refractivity contribution in [1.82, 2.24) is 0 Å². The molecule has 0 amide bonds. The Balaban J connectivity index is 2.96. The van der Waals surface area contributed by atoms with Crippen LogP contribution >= 0.6 is 0 Å². The van der Waals surface area contributed by atoms with Crippen LogP contribution in [0.25, 0.3) is 0 Å². The summed E-state index contributed by atoms with van der Waals surface area (Å²) in [6, 6.07) is 3.34. The van der Waals surface area contributed by atoms with E-state index in [1.165, 1.54) is 20.3 Å². The van der Waals surface area contributed by atoms with Crippen molar-refractivity contribution in [3.05, 3.63) is 24.2 Å². The molecule has 0 aliphatic rings. The lowest BCUT2D eigenvalue weighted by Gasteiger charge is -1.95. The van der Waals surface area contributed by atoms with E-state index in [9.17, 15) is 4.79 Å². The van der Waals surface area contributed by atoms with Gasteiger partial charge in [0, 0.05) is 6.92 Å². The standard InChI is InChI=1S/C8H9NO3/c1-6(10)8(9-11-2)7-4-3-5-12-7/h3-5H,1-2H3. The molecule has 0 unspecified atom stereocenters. The van der Waals surface area contributed by atoms with Crippen LogP contribution in [0.2, 0.25) is 0 Å². The number of ketones is 1. The molecule has 4 heteroatoms. The molecule has 0 aliphatic heterocycles. The second-order valence-electron chi connectivity index (χ2n) is 2.16. The fraction of sp³-hybridized carbons (Fsp3) is 0.250. The zero-order valence-electron chi connectivity index (χ0n) is 6.90. The molecule has 1 heterocycles. The maximum absolute atomic E-state index is 11.0. The molecule has 0 spiro atoms. The van der Waals surface area contributed by atoms with E-state index < -0.39 is 0 Å². The van der Waals surface area contributed by atoms with Crippen LogP contribution in [0.3, 0.4) is 0 Å². The van der Waals surface area contributed by atoms with Crippen molar-refractivity contribution in [3.63, 3.8) is 0 Å². The van der Waals surface area contributed by atoms with Crippen molar-refractivity contribution in [2.24, 2.45) is 5.16 Å². The molecule has 0 aliphatic carbocycles. The van der Waals surface area contributed by atoms with Crippen molar-refractivity contribution in [1.29, 1.82) is 0 Å². The topological polar surface area (TPSA) is 51.8 Å². The zero-order valence-corrected chi connectivity index (χ0v) is 6.90. The van der Waals surface area contributed by atoms with E-state index in [-0.39, 0.29) is 11.5 Å². The van der Waals surface area contributed by atoms with E-state index in [2.05, 4.69) is 9.99 Å². The van der Waals surface area contributed by atoms with Crippen LogP contribution in [0.5, 0.6) is 0 Å². The molecule has 1 rings (SSSR count). The van der Waals surface area contributed by atoms with Gasteiger partial charge >= 0.3 is 0 Å². The van der Waals surface area contributed by atoms with Crippen molar-refractivity contribution < 1.29 is 14.0 Å². The molecular weight excluding hydrogens is 158 g/mol. The summed E-state index contributed by atoms with van der Waals surface area (Å²) in [5, 5.41) is 3.54. The quantitative estimate of drug-likeness (QED) is 0.502. The first-order valence-corrected chi connectivity index (χ1v) is 3.41. The third-order valence-electron chi connectivity index (χ3n) is 1.27. The molecule has 0 N–H and O–H groups in total.